The lowest BCUT2D eigenvalue weighted by molar-refractivity contribution is -0.143. The van der Waals surface area contributed by atoms with E-state index in [1.54, 1.807) is 24.0 Å². The highest BCUT2D eigenvalue weighted by molar-refractivity contribution is 5.89. The van der Waals surface area contributed by atoms with E-state index in [-0.39, 0.29) is 30.9 Å². The molecule has 0 atom stereocenters. The maximum Gasteiger partial charge on any atom is 0.321 e. The van der Waals surface area contributed by atoms with Crippen LogP contribution in [0.1, 0.15) is 26.7 Å². The average Bonchev–Trinajstić information content (AvgIpc) is 2.55. The van der Waals surface area contributed by atoms with Gasteiger partial charge in [0.15, 0.2) is 0 Å². The zero-order chi connectivity index (χ0) is 17.8. The molecule has 0 bridgehead atoms. The van der Waals surface area contributed by atoms with Crippen LogP contribution >= 0.6 is 0 Å². The fourth-order valence-electron chi connectivity index (χ4n) is 2.03. The zero-order valence-corrected chi connectivity index (χ0v) is 14.2. The Morgan fingerprint density at radius 1 is 1.12 bits per heavy atom. The van der Waals surface area contributed by atoms with Gasteiger partial charge >= 0.3 is 12.0 Å². The van der Waals surface area contributed by atoms with Gasteiger partial charge in [-0.15, -0.1) is 0 Å². The molecule has 1 aromatic carbocycles. The number of esters is 1. The molecular formula is C17H25N3O4. The van der Waals surface area contributed by atoms with Crippen LogP contribution in [0.2, 0.25) is 0 Å². The second-order valence-corrected chi connectivity index (χ2v) is 5.17. The number of carbonyl (C=O) groups is 3. The first kappa shape index (κ1) is 19.5. The number of nitrogens with zero attached hydrogens (tertiary/aromatic N) is 1. The van der Waals surface area contributed by atoms with Gasteiger partial charge in [0.05, 0.1) is 13.0 Å². The third-order valence-corrected chi connectivity index (χ3v) is 3.18. The molecular weight excluding hydrogens is 310 g/mol. The summed E-state index contributed by atoms with van der Waals surface area (Å²) in [6.45, 7) is 4.67. The van der Waals surface area contributed by atoms with Gasteiger partial charge in [0.2, 0.25) is 5.91 Å². The number of amides is 3. The van der Waals surface area contributed by atoms with Gasteiger partial charge in [-0.05, 0) is 25.5 Å². The highest BCUT2D eigenvalue weighted by Gasteiger charge is 2.15. The van der Waals surface area contributed by atoms with Crippen LogP contribution in [0, 0.1) is 0 Å². The average molecular weight is 335 g/mol. The molecule has 3 amide bonds. The monoisotopic (exact) mass is 335 g/mol. The first-order chi connectivity index (χ1) is 11.5. The standard InChI is InChI=1S/C17H25N3O4/c1-3-24-16(22)10-13-20(12-7-11-18-14(2)21)17(23)19-15-8-5-4-6-9-15/h4-6,8-9H,3,7,10-13H2,1-2H3,(H,18,21)(H,19,23). The van der Waals surface area contributed by atoms with Gasteiger partial charge in [0.25, 0.3) is 0 Å². The Balaban J connectivity index is 2.55. The van der Waals surface area contributed by atoms with Crippen molar-refractivity contribution in [1.82, 2.24) is 10.2 Å². The van der Waals surface area contributed by atoms with Gasteiger partial charge in [-0.3, -0.25) is 9.59 Å². The minimum Gasteiger partial charge on any atom is -0.466 e. The molecule has 0 aliphatic heterocycles. The number of nitrogens with one attached hydrogen (secondary N) is 2. The highest BCUT2D eigenvalue weighted by Crippen LogP contribution is 2.07. The van der Waals surface area contributed by atoms with Crippen LogP contribution in [0.15, 0.2) is 30.3 Å². The minimum absolute atomic E-state index is 0.109. The number of benzene rings is 1. The number of carbonyl (C=O) groups excluding carboxylic acids is 3. The maximum absolute atomic E-state index is 12.4. The molecule has 0 saturated carbocycles. The Hall–Kier alpha value is -2.57. The molecule has 0 aliphatic carbocycles. The van der Waals surface area contributed by atoms with Crippen LogP contribution < -0.4 is 10.6 Å². The summed E-state index contributed by atoms with van der Waals surface area (Å²) in [5.74, 6) is -0.446. The molecule has 7 heteroatoms. The molecule has 0 unspecified atom stereocenters. The largest absolute Gasteiger partial charge is 0.466 e. The molecule has 0 aliphatic rings. The molecule has 0 heterocycles. The van der Waals surface area contributed by atoms with Crippen molar-refractivity contribution in [1.29, 1.82) is 0 Å². The molecule has 132 valence electrons. The number of rotatable bonds is 9. The van der Waals surface area contributed by atoms with Crippen LogP contribution in [0.25, 0.3) is 0 Å². The van der Waals surface area contributed by atoms with Gasteiger partial charge in [0, 0.05) is 32.2 Å². The summed E-state index contributed by atoms with van der Waals surface area (Å²) < 4.78 is 4.89. The molecule has 0 aromatic heterocycles. The van der Waals surface area contributed by atoms with Crippen LogP contribution in [-0.2, 0) is 14.3 Å². The normalized spacial score (nSPS) is 9.92. The summed E-state index contributed by atoms with van der Waals surface area (Å²) in [7, 11) is 0. The van der Waals surface area contributed by atoms with Crippen molar-refractivity contribution >= 4 is 23.6 Å². The molecule has 24 heavy (non-hydrogen) atoms. The lowest BCUT2D eigenvalue weighted by Crippen LogP contribution is -2.38. The third-order valence-electron chi connectivity index (χ3n) is 3.18. The van der Waals surface area contributed by atoms with E-state index in [0.717, 1.165) is 0 Å². The summed E-state index contributed by atoms with van der Waals surface area (Å²) in [6.07, 6.45) is 0.737. The van der Waals surface area contributed by atoms with E-state index in [0.29, 0.717) is 31.8 Å². The van der Waals surface area contributed by atoms with Crippen LogP contribution in [0.3, 0.4) is 0 Å². The van der Waals surface area contributed by atoms with E-state index >= 15 is 0 Å². The van der Waals surface area contributed by atoms with Crippen molar-refractivity contribution in [2.75, 3.05) is 31.6 Å². The fraction of sp³-hybridized carbons (Fsp3) is 0.471. The van der Waals surface area contributed by atoms with E-state index in [2.05, 4.69) is 10.6 Å². The van der Waals surface area contributed by atoms with Crippen molar-refractivity contribution in [3.8, 4) is 0 Å². The lowest BCUT2D eigenvalue weighted by Gasteiger charge is -2.23. The third kappa shape index (κ3) is 8.17. The van der Waals surface area contributed by atoms with Gasteiger partial charge in [-0.25, -0.2) is 4.79 Å². The quantitative estimate of drug-likeness (QED) is 0.534. The number of urea groups is 1. The fourth-order valence-corrected chi connectivity index (χ4v) is 2.03. The van der Waals surface area contributed by atoms with Crippen molar-refractivity contribution in [3.63, 3.8) is 0 Å². The highest BCUT2D eigenvalue weighted by atomic mass is 16.5. The Bertz CT molecular complexity index is 534. The predicted molar refractivity (Wildman–Crippen MR) is 91.6 cm³/mol. The maximum atomic E-state index is 12.4. The van der Waals surface area contributed by atoms with Crippen LogP contribution in [0.5, 0.6) is 0 Å². The molecule has 1 aromatic rings. The van der Waals surface area contributed by atoms with Crippen molar-refractivity contribution in [2.24, 2.45) is 0 Å². The van der Waals surface area contributed by atoms with Gasteiger partial charge in [0.1, 0.15) is 0 Å². The Kier molecular flexibility index (Phi) is 8.96. The molecule has 0 spiro atoms. The van der Waals surface area contributed by atoms with E-state index < -0.39 is 0 Å². The second kappa shape index (κ2) is 11.0. The Morgan fingerprint density at radius 3 is 2.46 bits per heavy atom. The van der Waals surface area contributed by atoms with Gasteiger partial charge < -0.3 is 20.3 Å². The lowest BCUT2D eigenvalue weighted by atomic mass is 10.3. The molecule has 2 N–H and O–H groups in total. The van der Waals surface area contributed by atoms with Gasteiger partial charge in [-0.2, -0.15) is 0 Å². The van der Waals surface area contributed by atoms with Crippen LogP contribution in [0.4, 0.5) is 10.5 Å². The zero-order valence-electron chi connectivity index (χ0n) is 14.2. The molecule has 0 radical (unpaired) electrons. The van der Waals surface area contributed by atoms with Gasteiger partial charge in [-0.1, -0.05) is 18.2 Å². The van der Waals surface area contributed by atoms with E-state index in [9.17, 15) is 14.4 Å². The minimum atomic E-state index is -0.336. The summed E-state index contributed by atoms with van der Waals surface area (Å²) in [5.41, 5.74) is 0.686. The summed E-state index contributed by atoms with van der Waals surface area (Å²) >= 11 is 0. The number of para-hydroxylation sites is 1. The summed E-state index contributed by atoms with van der Waals surface area (Å²) in [4.78, 5) is 36.3. The summed E-state index contributed by atoms with van der Waals surface area (Å²) in [6, 6.07) is 8.82. The van der Waals surface area contributed by atoms with Crippen molar-refractivity contribution in [2.45, 2.75) is 26.7 Å². The predicted octanol–water partition coefficient (Wildman–Crippen LogP) is 2.00. The van der Waals surface area contributed by atoms with E-state index in [1.807, 2.05) is 18.2 Å². The van der Waals surface area contributed by atoms with Crippen molar-refractivity contribution < 1.29 is 19.1 Å². The van der Waals surface area contributed by atoms with E-state index in [1.165, 1.54) is 6.92 Å². The molecule has 0 saturated heterocycles. The topological polar surface area (TPSA) is 87.7 Å². The first-order valence-electron chi connectivity index (χ1n) is 8.04. The number of anilines is 1. The molecule has 0 fully saturated rings. The Labute approximate surface area is 142 Å². The number of hydrogen-bond acceptors (Lipinski definition) is 4. The number of ether oxygens (including phenoxy) is 1. The Morgan fingerprint density at radius 2 is 1.83 bits per heavy atom. The SMILES string of the molecule is CCOC(=O)CCN(CCCNC(C)=O)C(=O)Nc1ccccc1. The summed E-state index contributed by atoms with van der Waals surface area (Å²) in [5, 5.41) is 5.48. The van der Waals surface area contributed by atoms with E-state index in [4.69, 9.17) is 4.74 Å². The second-order valence-electron chi connectivity index (χ2n) is 5.17. The first-order valence-corrected chi connectivity index (χ1v) is 8.04. The number of hydrogen-bond donors (Lipinski definition) is 2. The van der Waals surface area contributed by atoms with Crippen molar-refractivity contribution in [3.05, 3.63) is 30.3 Å². The smallest absolute Gasteiger partial charge is 0.321 e. The van der Waals surface area contributed by atoms with Crippen LogP contribution in [-0.4, -0.2) is 49.0 Å². The molecule has 1 rings (SSSR count). The molecule has 7 nitrogen and oxygen atoms in total.